The molecule has 2 heterocycles. The monoisotopic (exact) mass is 412 g/mol. The van der Waals surface area contributed by atoms with Crippen LogP contribution in [0.4, 0.5) is 0 Å². The summed E-state index contributed by atoms with van der Waals surface area (Å²) < 4.78 is 28.4. The van der Waals surface area contributed by atoms with E-state index in [2.05, 4.69) is 50.7 Å². The van der Waals surface area contributed by atoms with Gasteiger partial charge in [-0.15, -0.1) is 0 Å². The van der Waals surface area contributed by atoms with Gasteiger partial charge >= 0.3 is 0 Å². The highest BCUT2D eigenvalue weighted by Crippen LogP contribution is 2.29. The molecule has 0 amide bonds. The molecule has 2 aromatic carbocycles. The normalized spacial score (nSPS) is 15.9. The van der Waals surface area contributed by atoms with Crippen LogP contribution in [0, 0.1) is 6.92 Å². The Hall–Kier alpha value is -1.99. The first kappa shape index (κ1) is 19.3. The van der Waals surface area contributed by atoms with Gasteiger partial charge in [0.05, 0.1) is 4.90 Å². The molecule has 146 valence electrons. The van der Waals surface area contributed by atoms with Gasteiger partial charge in [-0.05, 0) is 59.0 Å². The number of aryl methyl sites for hydroxylation is 1. The van der Waals surface area contributed by atoms with Crippen LogP contribution in [-0.4, -0.2) is 26.4 Å². The number of hydrogen-bond donors (Lipinski definition) is 1. The molecule has 1 unspecified atom stereocenters. The second-order valence-electron chi connectivity index (χ2n) is 7.23. The van der Waals surface area contributed by atoms with Crippen molar-refractivity contribution in [1.29, 1.82) is 0 Å². The van der Waals surface area contributed by atoms with Crippen LogP contribution < -0.4 is 4.72 Å². The maximum Gasteiger partial charge on any atom is 0.240 e. The molecule has 4 rings (SSSR count). The van der Waals surface area contributed by atoms with Crippen LogP contribution in [0.15, 0.2) is 70.3 Å². The summed E-state index contributed by atoms with van der Waals surface area (Å²) in [5, 5.41) is 4.17. The number of rotatable bonds is 6. The average Bonchev–Trinajstić information content (AvgIpc) is 3.23. The predicted octanol–water partition coefficient (Wildman–Crippen LogP) is 4.13. The number of fused-ring (bicyclic) bond motifs is 1. The van der Waals surface area contributed by atoms with E-state index in [1.165, 1.54) is 11.1 Å². The zero-order chi connectivity index (χ0) is 19.6. The van der Waals surface area contributed by atoms with Crippen molar-refractivity contribution in [2.75, 3.05) is 13.1 Å². The Morgan fingerprint density at radius 2 is 1.82 bits per heavy atom. The molecular formula is C22H24N2O2S2. The van der Waals surface area contributed by atoms with Crippen molar-refractivity contribution < 1.29 is 8.42 Å². The third kappa shape index (κ3) is 4.20. The van der Waals surface area contributed by atoms with Gasteiger partial charge in [-0.2, -0.15) is 11.3 Å². The van der Waals surface area contributed by atoms with Crippen molar-refractivity contribution in [3.63, 3.8) is 0 Å². The molecule has 1 aliphatic rings. The fourth-order valence-electron chi connectivity index (χ4n) is 3.70. The number of benzene rings is 2. The van der Waals surface area contributed by atoms with Crippen LogP contribution in [0.2, 0.25) is 0 Å². The lowest BCUT2D eigenvalue weighted by Crippen LogP contribution is -2.40. The summed E-state index contributed by atoms with van der Waals surface area (Å²) in [6, 6.07) is 17.6. The van der Waals surface area contributed by atoms with Crippen molar-refractivity contribution in [3.05, 3.63) is 87.6 Å². The highest BCUT2D eigenvalue weighted by molar-refractivity contribution is 7.89. The second-order valence-corrected chi connectivity index (χ2v) is 9.77. The van der Waals surface area contributed by atoms with E-state index in [1.54, 1.807) is 23.5 Å². The van der Waals surface area contributed by atoms with Crippen molar-refractivity contribution in [3.8, 4) is 0 Å². The Balaban J connectivity index is 1.54. The molecule has 6 heteroatoms. The fourth-order valence-corrected chi connectivity index (χ4v) is 5.44. The number of nitrogens with one attached hydrogen (secondary N) is 1. The van der Waals surface area contributed by atoms with Crippen LogP contribution in [0.1, 0.15) is 28.3 Å². The highest BCUT2D eigenvalue weighted by Gasteiger charge is 2.26. The summed E-state index contributed by atoms with van der Waals surface area (Å²) >= 11 is 1.64. The maximum atomic E-state index is 12.8. The minimum Gasteiger partial charge on any atom is -0.290 e. The molecule has 1 aliphatic heterocycles. The largest absolute Gasteiger partial charge is 0.290 e. The zero-order valence-electron chi connectivity index (χ0n) is 15.8. The van der Waals surface area contributed by atoms with Crippen LogP contribution in [0.25, 0.3) is 0 Å². The first-order chi connectivity index (χ1) is 13.5. The molecule has 0 spiro atoms. The van der Waals surface area contributed by atoms with E-state index in [0.29, 0.717) is 11.4 Å². The Labute approximate surface area is 170 Å². The molecular weight excluding hydrogens is 388 g/mol. The Morgan fingerprint density at radius 1 is 1.07 bits per heavy atom. The summed E-state index contributed by atoms with van der Waals surface area (Å²) in [5.74, 6) is 0. The molecule has 1 atom stereocenters. The van der Waals surface area contributed by atoms with Gasteiger partial charge in [0.15, 0.2) is 0 Å². The van der Waals surface area contributed by atoms with E-state index in [9.17, 15) is 8.42 Å². The Bertz CT molecular complexity index is 1030. The lowest BCUT2D eigenvalue weighted by atomic mass is 9.97. The number of nitrogens with zero attached hydrogens (tertiary/aromatic N) is 1. The van der Waals surface area contributed by atoms with E-state index in [4.69, 9.17) is 0 Å². The van der Waals surface area contributed by atoms with Crippen LogP contribution in [0.3, 0.4) is 0 Å². The van der Waals surface area contributed by atoms with Gasteiger partial charge in [0, 0.05) is 25.7 Å². The quantitative estimate of drug-likeness (QED) is 0.662. The van der Waals surface area contributed by atoms with Crippen molar-refractivity contribution in [1.82, 2.24) is 9.62 Å². The molecule has 28 heavy (non-hydrogen) atoms. The van der Waals surface area contributed by atoms with Gasteiger partial charge in [-0.1, -0.05) is 42.0 Å². The van der Waals surface area contributed by atoms with E-state index in [-0.39, 0.29) is 6.04 Å². The summed E-state index contributed by atoms with van der Waals surface area (Å²) in [6.07, 6.45) is 0.988. The summed E-state index contributed by atoms with van der Waals surface area (Å²) in [4.78, 5) is 2.69. The van der Waals surface area contributed by atoms with E-state index < -0.39 is 10.0 Å². The van der Waals surface area contributed by atoms with E-state index in [1.807, 2.05) is 19.1 Å². The molecule has 0 fully saturated rings. The lowest BCUT2D eigenvalue weighted by Gasteiger charge is -2.35. The summed E-state index contributed by atoms with van der Waals surface area (Å²) in [5.41, 5.74) is 4.93. The molecule has 4 nitrogen and oxygen atoms in total. The SMILES string of the molecule is Cc1ccc(S(=O)(=O)NCC(c2ccsc2)N2CCc3ccccc3C2)cc1. The van der Waals surface area contributed by atoms with Gasteiger partial charge in [-0.25, -0.2) is 13.1 Å². The van der Waals surface area contributed by atoms with E-state index in [0.717, 1.165) is 30.6 Å². The molecule has 3 aromatic rings. The average molecular weight is 413 g/mol. The Kier molecular flexibility index (Phi) is 5.64. The van der Waals surface area contributed by atoms with Gasteiger partial charge in [0.1, 0.15) is 0 Å². The standard InChI is InChI=1S/C22H24N2O2S2/c1-17-6-8-21(9-7-17)28(25,26)23-14-22(20-11-13-27-16-20)24-12-10-18-4-2-3-5-19(18)15-24/h2-9,11,13,16,22-23H,10,12,14-15H2,1H3. The second kappa shape index (κ2) is 8.17. The van der Waals surface area contributed by atoms with E-state index >= 15 is 0 Å². The maximum absolute atomic E-state index is 12.8. The molecule has 0 saturated carbocycles. The third-order valence-corrected chi connectivity index (χ3v) is 7.47. The van der Waals surface area contributed by atoms with Crippen molar-refractivity contribution in [2.45, 2.75) is 30.8 Å². The van der Waals surface area contributed by atoms with Gasteiger partial charge < -0.3 is 0 Å². The number of hydrogen-bond acceptors (Lipinski definition) is 4. The van der Waals surface area contributed by atoms with Gasteiger partial charge in [0.25, 0.3) is 0 Å². The summed E-state index contributed by atoms with van der Waals surface area (Å²) in [6.45, 7) is 4.06. The van der Waals surface area contributed by atoms with Crippen molar-refractivity contribution >= 4 is 21.4 Å². The molecule has 1 aromatic heterocycles. The third-order valence-electron chi connectivity index (χ3n) is 5.33. The minimum atomic E-state index is -3.54. The minimum absolute atomic E-state index is 0.0137. The van der Waals surface area contributed by atoms with Gasteiger partial charge in [-0.3, -0.25) is 4.90 Å². The van der Waals surface area contributed by atoms with Crippen LogP contribution in [-0.2, 0) is 23.0 Å². The predicted molar refractivity (Wildman–Crippen MR) is 114 cm³/mol. The molecule has 0 aliphatic carbocycles. The highest BCUT2D eigenvalue weighted by atomic mass is 32.2. The van der Waals surface area contributed by atoms with Crippen LogP contribution in [0.5, 0.6) is 0 Å². The number of sulfonamides is 1. The number of thiophene rings is 1. The Morgan fingerprint density at radius 3 is 2.54 bits per heavy atom. The summed E-state index contributed by atoms with van der Waals surface area (Å²) in [7, 11) is -3.54. The lowest BCUT2D eigenvalue weighted by molar-refractivity contribution is 0.181. The van der Waals surface area contributed by atoms with Gasteiger partial charge in [0.2, 0.25) is 10.0 Å². The van der Waals surface area contributed by atoms with Crippen molar-refractivity contribution in [2.24, 2.45) is 0 Å². The molecule has 0 bridgehead atoms. The molecule has 1 N–H and O–H groups in total. The topological polar surface area (TPSA) is 49.4 Å². The van der Waals surface area contributed by atoms with Crippen LogP contribution >= 0.6 is 11.3 Å². The fraction of sp³-hybridized carbons (Fsp3) is 0.273. The first-order valence-corrected chi connectivity index (χ1v) is 11.8. The molecule has 0 saturated heterocycles. The smallest absolute Gasteiger partial charge is 0.240 e. The zero-order valence-corrected chi connectivity index (χ0v) is 17.5. The molecule has 0 radical (unpaired) electrons. The first-order valence-electron chi connectivity index (χ1n) is 9.42.